The number of alkyl halides is 3. The van der Waals surface area contributed by atoms with Gasteiger partial charge in [0, 0.05) is 12.6 Å². The fourth-order valence-corrected chi connectivity index (χ4v) is 2.20. The van der Waals surface area contributed by atoms with Gasteiger partial charge in [0.25, 0.3) is 0 Å². The molecular formula is C14H29F3N2. The van der Waals surface area contributed by atoms with Gasteiger partial charge in [0.05, 0.1) is 5.92 Å². The molecule has 0 bridgehead atoms. The third kappa shape index (κ3) is 7.78. The number of nitrogens with zero attached hydrogens (tertiary/aromatic N) is 1. The van der Waals surface area contributed by atoms with Gasteiger partial charge >= 0.3 is 6.18 Å². The average Bonchev–Trinajstić information content (AvgIpc) is 2.85. The van der Waals surface area contributed by atoms with Crippen LogP contribution in [0.25, 0.3) is 0 Å². The quantitative estimate of drug-likeness (QED) is 0.799. The topological polar surface area (TPSA) is 15.3 Å². The monoisotopic (exact) mass is 282 g/mol. The first-order valence-electron chi connectivity index (χ1n) is 7.42. The molecule has 1 N–H and O–H groups in total. The van der Waals surface area contributed by atoms with E-state index in [1.54, 1.807) is 0 Å². The van der Waals surface area contributed by atoms with Crippen LogP contribution in [0.2, 0.25) is 0 Å². The van der Waals surface area contributed by atoms with Crippen LogP contribution in [0.5, 0.6) is 0 Å². The highest BCUT2D eigenvalue weighted by Gasteiger charge is 2.43. The molecule has 19 heavy (non-hydrogen) atoms. The fraction of sp³-hybridized carbons (Fsp3) is 1.00. The second-order valence-corrected chi connectivity index (χ2v) is 5.02. The van der Waals surface area contributed by atoms with Crippen molar-refractivity contribution in [2.24, 2.45) is 5.92 Å². The predicted octanol–water partition coefficient (Wildman–Crippen LogP) is 3.68. The van der Waals surface area contributed by atoms with Gasteiger partial charge in [-0.3, -0.25) is 0 Å². The largest absolute Gasteiger partial charge is 0.393 e. The molecule has 0 aromatic heterocycles. The highest BCUT2D eigenvalue weighted by molar-refractivity contribution is 4.85. The third-order valence-corrected chi connectivity index (χ3v) is 3.44. The Labute approximate surface area is 115 Å². The van der Waals surface area contributed by atoms with E-state index in [0.29, 0.717) is 0 Å². The van der Waals surface area contributed by atoms with E-state index in [1.165, 1.54) is 0 Å². The Morgan fingerprint density at radius 2 is 1.84 bits per heavy atom. The first-order chi connectivity index (χ1) is 8.93. The van der Waals surface area contributed by atoms with Gasteiger partial charge in [-0.1, -0.05) is 27.2 Å². The van der Waals surface area contributed by atoms with Crippen molar-refractivity contribution in [3.8, 4) is 0 Å². The molecule has 0 aromatic rings. The van der Waals surface area contributed by atoms with Crippen LogP contribution in [0.15, 0.2) is 0 Å². The Bertz CT molecular complexity index is 219. The molecule has 0 spiro atoms. The summed E-state index contributed by atoms with van der Waals surface area (Å²) in [5.41, 5.74) is 0. The normalized spacial score (nSPS) is 23.4. The highest BCUT2D eigenvalue weighted by Crippen LogP contribution is 2.33. The van der Waals surface area contributed by atoms with Crippen LogP contribution < -0.4 is 5.32 Å². The van der Waals surface area contributed by atoms with Gasteiger partial charge < -0.3 is 10.2 Å². The van der Waals surface area contributed by atoms with Gasteiger partial charge in [-0.15, -0.1) is 0 Å². The van der Waals surface area contributed by atoms with Gasteiger partial charge in [0.2, 0.25) is 0 Å². The average molecular weight is 282 g/mol. The van der Waals surface area contributed by atoms with Crippen LogP contribution >= 0.6 is 0 Å². The standard InChI is InChI=1S/C12H23F3N2.C2H6/c1-3-4-6-17(2)7-5-11-8-10(9-16-11)12(13,14)15;1-2/h10-11,16H,3-9H2,1-2H3;1-2H3. The summed E-state index contributed by atoms with van der Waals surface area (Å²) in [4.78, 5) is 2.20. The maximum atomic E-state index is 12.4. The van der Waals surface area contributed by atoms with E-state index in [4.69, 9.17) is 0 Å². The molecule has 0 aromatic carbocycles. The number of hydrogen-bond acceptors (Lipinski definition) is 2. The predicted molar refractivity (Wildman–Crippen MR) is 74.3 cm³/mol. The third-order valence-electron chi connectivity index (χ3n) is 3.44. The minimum atomic E-state index is -4.03. The van der Waals surface area contributed by atoms with E-state index in [0.717, 1.165) is 32.4 Å². The smallest absolute Gasteiger partial charge is 0.313 e. The summed E-state index contributed by atoms with van der Waals surface area (Å²) in [7, 11) is 2.03. The van der Waals surface area contributed by atoms with Crippen molar-refractivity contribution >= 4 is 0 Å². The zero-order valence-electron chi connectivity index (χ0n) is 12.7. The second-order valence-electron chi connectivity index (χ2n) is 5.02. The van der Waals surface area contributed by atoms with E-state index >= 15 is 0 Å². The van der Waals surface area contributed by atoms with E-state index in [9.17, 15) is 13.2 Å². The molecule has 1 heterocycles. The molecule has 1 fully saturated rings. The minimum absolute atomic E-state index is 0.0331. The summed E-state index contributed by atoms with van der Waals surface area (Å²) in [6.45, 7) is 8.14. The summed E-state index contributed by atoms with van der Waals surface area (Å²) in [5, 5.41) is 2.98. The zero-order valence-corrected chi connectivity index (χ0v) is 12.7. The van der Waals surface area contributed by atoms with Crippen LogP contribution in [0.4, 0.5) is 13.2 Å². The zero-order chi connectivity index (χ0) is 14.9. The summed E-state index contributed by atoms with van der Waals surface area (Å²) in [6.07, 6.45) is -0.671. The molecule has 1 aliphatic heterocycles. The Balaban J connectivity index is 0.00000154. The lowest BCUT2D eigenvalue weighted by atomic mass is 10.0. The Morgan fingerprint density at radius 3 is 2.32 bits per heavy atom. The lowest BCUT2D eigenvalue weighted by Gasteiger charge is -2.19. The van der Waals surface area contributed by atoms with Crippen molar-refractivity contribution in [3.05, 3.63) is 0 Å². The number of nitrogens with one attached hydrogen (secondary N) is 1. The lowest BCUT2D eigenvalue weighted by molar-refractivity contribution is -0.169. The number of rotatable bonds is 6. The molecule has 2 atom stereocenters. The van der Waals surface area contributed by atoms with E-state index in [-0.39, 0.29) is 19.0 Å². The second kappa shape index (κ2) is 9.59. The van der Waals surface area contributed by atoms with Crippen LogP contribution in [0, 0.1) is 5.92 Å². The van der Waals surface area contributed by atoms with Gasteiger partial charge in [0.1, 0.15) is 0 Å². The Hall–Kier alpha value is -0.290. The summed E-state index contributed by atoms with van der Waals surface area (Å²) in [5.74, 6) is -1.14. The molecule has 1 aliphatic rings. The molecule has 0 aliphatic carbocycles. The van der Waals surface area contributed by atoms with Crippen molar-refractivity contribution in [2.75, 3.05) is 26.7 Å². The Kier molecular flexibility index (Phi) is 9.44. The van der Waals surface area contributed by atoms with Crippen LogP contribution in [0.1, 0.15) is 46.5 Å². The number of halogens is 3. The lowest BCUT2D eigenvalue weighted by Crippen LogP contribution is -2.29. The van der Waals surface area contributed by atoms with Gasteiger partial charge in [-0.05, 0) is 39.4 Å². The van der Waals surface area contributed by atoms with Crippen LogP contribution in [0.3, 0.4) is 0 Å². The highest BCUT2D eigenvalue weighted by atomic mass is 19.4. The SMILES string of the molecule is CC.CCCCN(C)CCC1CC(C(F)(F)F)CN1. The molecular weight excluding hydrogens is 253 g/mol. The molecule has 5 heteroatoms. The Morgan fingerprint density at radius 1 is 1.21 bits per heavy atom. The molecule has 0 saturated carbocycles. The maximum absolute atomic E-state index is 12.4. The summed E-state index contributed by atoms with van der Waals surface area (Å²) < 4.78 is 37.3. The van der Waals surface area contributed by atoms with Gasteiger partial charge in [-0.25, -0.2) is 0 Å². The minimum Gasteiger partial charge on any atom is -0.313 e. The molecule has 2 nitrogen and oxygen atoms in total. The van der Waals surface area contributed by atoms with Crippen LogP contribution in [-0.4, -0.2) is 43.8 Å². The summed E-state index contributed by atoms with van der Waals surface area (Å²) >= 11 is 0. The van der Waals surface area contributed by atoms with Crippen molar-refractivity contribution in [3.63, 3.8) is 0 Å². The number of hydrogen-bond donors (Lipinski definition) is 1. The molecule has 0 radical (unpaired) electrons. The molecule has 0 amide bonds. The van der Waals surface area contributed by atoms with Crippen molar-refractivity contribution in [1.82, 2.24) is 10.2 Å². The van der Waals surface area contributed by atoms with E-state index < -0.39 is 12.1 Å². The van der Waals surface area contributed by atoms with Crippen molar-refractivity contribution < 1.29 is 13.2 Å². The summed E-state index contributed by atoms with van der Waals surface area (Å²) in [6, 6.07) is 0.0331. The van der Waals surface area contributed by atoms with Crippen molar-refractivity contribution in [2.45, 2.75) is 58.7 Å². The van der Waals surface area contributed by atoms with E-state index in [2.05, 4.69) is 17.1 Å². The molecule has 1 rings (SSSR count). The van der Waals surface area contributed by atoms with Gasteiger partial charge in [-0.2, -0.15) is 13.2 Å². The number of unbranched alkanes of at least 4 members (excludes halogenated alkanes) is 1. The van der Waals surface area contributed by atoms with Crippen LogP contribution in [-0.2, 0) is 0 Å². The molecule has 1 saturated heterocycles. The first kappa shape index (κ1) is 18.7. The maximum Gasteiger partial charge on any atom is 0.393 e. The van der Waals surface area contributed by atoms with Crippen molar-refractivity contribution in [1.29, 1.82) is 0 Å². The fourth-order valence-electron chi connectivity index (χ4n) is 2.20. The molecule has 2 unspecified atom stereocenters. The van der Waals surface area contributed by atoms with E-state index in [1.807, 2.05) is 20.9 Å². The first-order valence-corrected chi connectivity index (χ1v) is 7.42. The van der Waals surface area contributed by atoms with Gasteiger partial charge in [0.15, 0.2) is 0 Å². The molecule has 116 valence electrons.